The molecule has 0 saturated heterocycles. The lowest BCUT2D eigenvalue weighted by Crippen LogP contribution is -2.02. The molecule has 0 N–H and O–H groups in total. The van der Waals surface area contributed by atoms with Gasteiger partial charge in [-0.25, -0.2) is 4.39 Å². The molecule has 0 radical (unpaired) electrons. The highest BCUT2D eigenvalue weighted by Gasteiger charge is 2.17. The van der Waals surface area contributed by atoms with E-state index in [1.165, 1.54) is 24.3 Å². The van der Waals surface area contributed by atoms with E-state index < -0.39 is 11.6 Å². The van der Waals surface area contributed by atoms with Crippen LogP contribution in [0.5, 0.6) is 0 Å². The molecule has 0 bridgehead atoms. The maximum atomic E-state index is 13.4. The molecular weight excluding hydrogens is 254 g/mol. The number of benzene rings is 1. The number of hydrogen-bond acceptors (Lipinski definition) is 2. The standard InChI is InChI=1S/C11H5Cl2FO2/c12-6-1-2-7(8(14)5-6)11(15)9-3-4-10(13)16-9/h1-5H. The molecule has 2 rings (SSSR count). The van der Waals surface area contributed by atoms with Crippen LogP contribution in [0.25, 0.3) is 0 Å². The van der Waals surface area contributed by atoms with Gasteiger partial charge < -0.3 is 4.42 Å². The summed E-state index contributed by atoms with van der Waals surface area (Å²) in [6.45, 7) is 0. The maximum Gasteiger partial charge on any atom is 0.231 e. The Labute approximate surface area is 101 Å². The fourth-order valence-electron chi connectivity index (χ4n) is 1.24. The summed E-state index contributed by atoms with van der Waals surface area (Å²) in [5.41, 5.74) is -0.101. The van der Waals surface area contributed by atoms with Crippen LogP contribution in [-0.4, -0.2) is 5.78 Å². The Morgan fingerprint density at radius 1 is 1.19 bits per heavy atom. The van der Waals surface area contributed by atoms with Crippen LogP contribution in [0.1, 0.15) is 16.1 Å². The molecule has 0 fully saturated rings. The van der Waals surface area contributed by atoms with Gasteiger partial charge in [0.25, 0.3) is 0 Å². The first-order chi connectivity index (χ1) is 7.58. The highest BCUT2D eigenvalue weighted by Crippen LogP contribution is 2.20. The summed E-state index contributed by atoms with van der Waals surface area (Å²) in [4.78, 5) is 11.8. The molecule has 1 heterocycles. The Morgan fingerprint density at radius 2 is 1.94 bits per heavy atom. The van der Waals surface area contributed by atoms with Gasteiger partial charge in [-0.2, -0.15) is 0 Å². The Bertz CT molecular complexity index is 549. The molecule has 1 aromatic carbocycles. The molecule has 1 aromatic heterocycles. The van der Waals surface area contributed by atoms with Crippen molar-refractivity contribution in [1.82, 2.24) is 0 Å². The first-order valence-electron chi connectivity index (χ1n) is 4.33. The second kappa shape index (κ2) is 4.28. The third-order valence-corrected chi connectivity index (χ3v) is 2.41. The number of carbonyl (C=O) groups is 1. The molecule has 0 aliphatic heterocycles. The molecule has 0 aliphatic rings. The minimum atomic E-state index is -0.690. The minimum absolute atomic E-state index is 0.00813. The van der Waals surface area contributed by atoms with Crippen LogP contribution in [0.2, 0.25) is 10.2 Å². The summed E-state index contributed by atoms with van der Waals surface area (Å²) in [6.07, 6.45) is 0. The fourth-order valence-corrected chi connectivity index (χ4v) is 1.55. The molecule has 82 valence electrons. The van der Waals surface area contributed by atoms with Gasteiger partial charge in [-0.05, 0) is 41.9 Å². The van der Waals surface area contributed by atoms with Crippen LogP contribution in [0, 0.1) is 5.82 Å². The van der Waals surface area contributed by atoms with E-state index in [1.807, 2.05) is 0 Å². The van der Waals surface area contributed by atoms with Crippen LogP contribution in [0.3, 0.4) is 0 Å². The summed E-state index contributed by atoms with van der Waals surface area (Å²) < 4.78 is 18.3. The fraction of sp³-hybridized carbons (Fsp3) is 0. The van der Waals surface area contributed by atoms with Gasteiger partial charge in [0.1, 0.15) is 5.82 Å². The van der Waals surface area contributed by atoms with Gasteiger partial charge >= 0.3 is 0 Å². The second-order valence-electron chi connectivity index (χ2n) is 3.06. The van der Waals surface area contributed by atoms with Crippen LogP contribution in [0.15, 0.2) is 34.7 Å². The molecule has 16 heavy (non-hydrogen) atoms. The first-order valence-corrected chi connectivity index (χ1v) is 5.08. The zero-order valence-corrected chi connectivity index (χ0v) is 9.35. The third kappa shape index (κ3) is 2.10. The highest BCUT2D eigenvalue weighted by molar-refractivity contribution is 6.30. The molecular formula is C11H5Cl2FO2. The van der Waals surface area contributed by atoms with Gasteiger partial charge in [0.15, 0.2) is 11.0 Å². The summed E-state index contributed by atoms with van der Waals surface area (Å²) >= 11 is 11.1. The second-order valence-corrected chi connectivity index (χ2v) is 3.87. The quantitative estimate of drug-likeness (QED) is 0.764. The van der Waals surface area contributed by atoms with E-state index in [0.717, 1.165) is 6.07 Å². The van der Waals surface area contributed by atoms with E-state index in [2.05, 4.69) is 0 Å². The number of rotatable bonds is 2. The number of halogens is 3. The number of furan rings is 1. The lowest BCUT2D eigenvalue weighted by atomic mass is 10.1. The minimum Gasteiger partial charge on any atom is -0.441 e. The highest BCUT2D eigenvalue weighted by atomic mass is 35.5. The van der Waals surface area contributed by atoms with Gasteiger partial charge in [-0.3, -0.25) is 4.79 Å². The molecule has 0 aliphatic carbocycles. The number of ketones is 1. The Hall–Kier alpha value is -1.32. The average molecular weight is 259 g/mol. The molecule has 0 spiro atoms. The van der Waals surface area contributed by atoms with Gasteiger partial charge in [0.2, 0.25) is 5.78 Å². The van der Waals surface area contributed by atoms with Crippen molar-refractivity contribution in [3.63, 3.8) is 0 Å². The van der Waals surface area contributed by atoms with Gasteiger partial charge in [-0.15, -0.1) is 0 Å². The average Bonchev–Trinajstić information content (AvgIpc) is 2.64. The van der Waals surface area contributed by atoms with E-state index in [1.54, 1.807) is 0 Å². The normalized spacial score (nSPS) is 10.4. The SMILES string of the molecule is O=C(c1ccc(Cl)o1)c1ccc(Cl)cc1F. The van der Waals surface area contributed by atoms with Crippen molar-refractivity contribution in [2.45, 2.75) is 0 Å². The van der Waals surface area contributed by atoms with Crippen LogP contribution < -0.4 is 0 Å². The van der Waals surface area contributed by atoms with Crippen molar-refractivity contribution < 1.29 is 13.6 Å². The smallest absolute Gasteiger partial charge is 0.231 e. The van der Waals surface area contributed by atoms with Crippen molar-refractivity contribution >= 4 is 29.0 Å². The molecule has 2 aromatic rings. The van der Waals surface area contributed by atoms with E-state index >= 15 is 0 Å². The van der Waals surface area contributed by atoms with Crippen molar-refractivity contribution in [2.24, 2.45) is 0 Å². The van der Waals surface area contributed by atoms with Crippen molar-refractivity contribution in [1.29, 1.82) is 0 Å². The first kappa shape index (κ1) is 11.2. The van der Waals surface area contributed by atoms with Crippen molar-refractivity contribution in [3.05, 3.63) is 57.7 Å². The van der Waals surface area contributed by atoms with E-state index in [4.69, 9.17) is 27.6 Å². The Morgan fingerprint density at radius 3 is 2.50 bits per heavy atom. The Balaban J connectivity index is 2.41. The van der Waals surface area contributed by atoms with Gasteiger partial charge in [0.05, 0.1) is 5.56 Å². The molecule has 5 heteroatoms. The lowest BCUT2D eigenvalue weighted by Gasteiger charge is -2.00. The third-order valence-electron chi connectivity index (χ3n) is 1.97. The molecule has 0 amide bonds. The van der Waals surface area contributed by atoms with Gasteiger partial charge in [-0.1, -0.05) is 11.6 Å². The maximum absolute atomic E-state index is 13.4. The Kier molecular flexibility index (Phi) is 2.99. The summed E-state index contributed by atoms with van der Waals surface area (Å²) in [6, 6.07) is 6.61. The van der Waals surface area contributed by atoms with Crippen molar-refractivity contribution in [3.8, 4) is 0 Å². The molecule has 0 saturated carbocycles. The molecule has 0 unspecified atom stereocenters. The van der Waals surface area contributed by atoms with Crippen molar-refractivity contribution in [2.75, 3.05) is 0 Å². The number of carbonyl (C=O) groups excluding carboxylic acids is 1. The zero-order chi connectivity index (χ0) is 11.7. The predicted molar refractivity (Wildman–Crippen MR) is 58.6 cm³/mol. The molecule has 0 atom stereocenters. The van der Waals surface area contributed by atoms with E-state index in [0.29, 0.717) is 0 Å². The van der Waals surface area contributed by atoms with Crippen LogP contribution >= 0.6 is 23.2 Å². The largest absolute Gasteiger partial charge is 0.441 e. The predicted octanol–water partition coefficient (Wildman–Crippen LogP) is 3.96. The van der Waals surface area contributed by atoms with Gasteiger partial charge in [0, 0.05) is 5.02 Å². The topological polar surface area (TPSA) is 30.2 Å². The van der Waals surface area contributed by atoms with Crippen LogP contribution in [0.4, 0.5) is 4.39 Å². The summed E-state index contributed by atoms with van der Waals surface area (Å²) in [7, 11) is 0. The summed E-state index contributed by atoms with van der Waals surface area (Å²) in [5, 5.41) is 0.309. The lowest BCUT2D eigenvalue weighted by molar-refractivity contribution is 0.101. The molecule has 2 nitrogen and oxygen atoms in total. The van der Waals surface area contributed by atoms with E-state index in [-0.39, 0.29) is 21.6 Å². The zero-order valence-electron chi connectivity index (χ0n) is 7.84. The van der Waals surface area contributed by atoms with E-state index in [9.17, 15) is 9.18 Å². The number of hydrogen-bond donors (Lipinski definition) is 0. The monoisotopic (exact) mass is 258 g/mol. The summed E-state index contributed by atoms with van der Waals surface area (Å²) in [5.74, 6) is -1.27. The van der Waals surface area contributed by atoms with Crippen LogP contribution in [-0.2, 0) is 0 Å².